The van der Waals surface area contributed by atoms with Gasteiger partial charge in [-0.1, -0.05) is 0 Å². The molecule has 0 aromatic heterocycles. The van der Waals surface area contributed by atoms with Gasteiger partial charge in [0.25, 0.3) is 0 Å². The van der Waals surface area contributed by atoms with E-state index in [0.29, 0.717) is 6.07 Å². The third-order valence-electron chi connectivity index (χ3n) is 1.78. The van der Waals surface area contributed by atoms with E-state index in [1.54, 1.807) is 4.72 Å². The average Bonchev–Trinajstić information content (AvgIpc) is 2.20. The topological polar surface area (TPSA) is 83.5 Å². The quantitative estimate of drug-likeness (QED) is 0.837. The largest absolute Gasteiger partial charge is 0.481 e. The van der Waals surface area contributed by atoms with Crippen molar-refractivity contribution in [2.45, 2.75) is 6.42 Å². The maximum Gasteiger partial charge on any atom is 0.304 e. The molecule has 0 bridgehead atoms. The zero-order chi connectivity index (χ0) is 13.1. The summed E-state index contributed by atoms with van der Waals surface area (Å²) in [4.78, 5) is 10.2. The first-order valence-corrected chi connectivity index (χ1v) is 6.13. The average molecular weight is 265 g/mol. The third-order valence-corrected chi connectivity index (χ3v) is 3.05. The molecule has 0 amide bonds. The fraction of sp³-hybridized carbons (Fsp3) is 0.222. The predicted octanol–water partition coefficient (Wildman–Crippen LogP) is 1.18. The van der Waals surface area contributed by atoms with Gasteiger partial charge in [0.15, 0.2) is 0 Å². The van der Waals surface area contributed by atoms with Crippen molar-refractivity contribution in [2.24, 2.45) is 0 Å². The summed E-state index contributed by atoms with van der Waals surface area (Å²) in [6.07, 6.45) is -0.619. The highest BCUT2D eigenvalue weighted by molar-refractivity contribution is 7.92. The Morgan fingerprint density at radius 3 is 2.59 bits per heavy atom. The van der Waals surface area contributed by atoms with E-state index in [9.17, 15) is 22.0 Å². The van der Waals surface area contributed by atoms with E-state index in [2.05, 4.69) is 0 Å². The summed E-state index contributed by atoms with van der Waals surface area (Å²) in [7, 11) is -4.01. The number of halogens is 2. The molecule has 8 heteroatoms. The van der Waals surface area contributed by atoms with Crippen molar-refractivity contribution >= 4 is 21.7 Å². The standard InChI is InChI=1S/C9H9F2NO4S/c10-6-1-2-7(11)8(5-6)12-17(15,16)4-3-9(13)14/h1-2,5,12H,3-4H2,(H,13,14). The Kier molecular flexibility index (Phi) is 4.00. The van der Waals surface area contributed by atoms with Gasteiger partial charge in [0, 0.05) is 6.07 Å². The van der Waals surface area contributed by atoms with Crippen LogP contribution in [0.4, 0.5) is 14.5 Å². The second-order valence-corrected chi connectivity index (χ2v) is 5.03. The van der Waals surface area contributed by atoms with Crippen molar-refractivity contribution in [2.75, 3.05) is 10.5 Å². The van der Waals surface area contributed by atoms with E-state index in [4.69, 9.17) is 5.11 Å². The van der Waals surface area contributed by atoms with Gasteiger partial charge >= 0.3 is 5.97 Å². The number of sulfonamides is 1. The highest BCUT2D eigenvalue weighted by Gasteiger charge is 2.15. The number of hydrogen-bond acceptors (Lipinski definition) is 3. The summed E-state index contributed by atoms with van der Waals surface area (Å²) in [5, 5.41) is 8.32. The first kappa shape index (κ1) is 13.4. The number of carboxylic acid groups (broad SMARTS) is 1. The molecule has 2 N–H and O–H groups in total. The summed E-state index contributed by atoms with van der Waals surface area (Å²) >= 11 is 0. The molecule has 94 valence electrons. The second-order valence-electron chi connectivity index (χ2n) is 3.19. The highest BCUT2D eigenvalue weighted by Crippen LogP contribution is 2.16. The zero-order valence-corrected chi connectivity index (χ0v) is 9.30. The van der Waals surface area contributed by atoms with Crippen LogP contribution in [0.5, 0.6) is 0 Å². The van der Waals surface area contributed by atoms with Crippen molar-refractivity contribution in [3.8, 4) is 0 Å². The van der Waals surface area contributed by atoms with E-state index in [1.807, 2.05) is 0 Å². The second kappa shape index (κ2) is 5.09. The zero-order valence-electron chi connectivity index (χ0n) is 8.48. The summed E-state index contributed by atoms with van der Waals surface area (Å²) in [5.41, 5.74) is -0.546. The molecule has 0 saturated carbocycles. The minimum absolute atomic E-state index is 0.546. The van der Waals surface area contributed by atoms with Crippen LogP contribution in [0.3, 0.4) is 0 Å². The van der Waals surface area contributed by atoms with Gasteiger partial charge < -0.3 is 5.11 Å². The van der Waals surface area contributed by atoms with E-state index < -0.39 is 45.5 Å². The molecule has 0 atom stereocenters. The molecular weight excluding hydrogens is 256 g/mol. The molecule has 0 aliphatic rings. The van der Waals surface area contributed by atoms with Crippen LogP contribution in [0.15, 0.2) is 18.2 Å². The van der Waals surface area contributed by atoms with Gasteiger partial charge in [0.1, 0.15) is 11.6 Å². The number of aliphatic carboxylic acids is 1. The lowest BCUT2D eigenvalue weighted by Crippen LogP contribution is -2.19. The molecule has 0 radical (unpaired) electrons. The SMILES string of the molecule is O=C(O)CCS(=O)(=O)Nc1cc(F)ccc1F. The lowest BCUT2D eigenvalue weighted by Gasteiger charge is -2.07. The number of benzene rings is 1. The summed E-state index contributed by atoms with van der Waals surface area (Å²) in [5.74, 6) is -3.75. The Labute approximate surface area is 96.1 Å². The van der Waals surface area contributed by atoms with Crippen LogP contribution in [0, 0.1) is 11.6 Å². The Balaban J connectivity index is 2.83. The normalized spacial score (nSPS) is 11.2. The van der Waals surface area contributed by atoms with Crippen LogP contribution in [0.2, 0.25) is 0 Å². The molecule has 0 heterocycles. The van der Waals surface area contributed by atoms with Gasteiger partial charge in [-0.25, -0.2) is 17.2 Å². The van der Waals surface area contributed by atoms with E-state index in [1.165, 1.54) is 0 Å². The molecule has 0 fully saturated rings. The molecule has 0 aliphatic carbocycles. The Hall–Kier alpha value is -1.70. The molecule has 1 aromatic carbocycles. The fourth-order valence-electron chi connectivity index (χ4n) is 1.02. The third kappa shape index (κ3) is 4.35. The summed E-state index contributed by atoms with van der Waals surface area (Å²) in [6, 6.07) is 2.28. The summed E-state index contributed by atoms with van der Waals surface area (Å²) < 4.78 is 50.2. The lowest BCUT2D eigenvalue weighted by molar-refractivity contribution is -0.136. The maximum absolute atomic E-state index is 13.1. The molecule has 0 saturated heterocycles. The van der Waals surface area contributed by atoms with Gasteiger partial charge in [-0.15, -0.1) is 0 Å². The number of carboxylic acids is 1. The smallest absolute Gasteiger partial charge is 0.304 e. The molecule has 1 rings (SSSR count). The maximum atomic E-state index is 13.1. The highest BCUT2D eigenvalue weighted by atomic mass is 32.2. The predicted molar refractivity (Wildman–Crippen MR) is 56.0 cm³/mol. The van der Waals surface area contributed by atoms with E-state index >= 15 is 0 Å². The Morgan fingerprint density at radius 2 is 2.00 bits per heavy atom. The van der Waals surface area contributed by atoms with Crippen LogP contribution in [-0.2, 0) is 14.8 Å². The number of anilines is 1. The van der Waals surface area contributed by atoms with Gasteiger partial charge in [-0.2, -0.15) is 0 Å². The van der Waals surface area contributed by atoms with E-state index in [0.717, 1.165) is 12.1 Å². The first-order chi connectivity index (χ1) is 7.80. The molecule has 0 unspecified atom stereocenters. The number of carbonyl (C=O) groups is 1. The fourth-order valence-corrected chi connectivity index (χ4v) is 2.05. The van der Waals surface area contributed by atoms with Gasteiger partial charge in [-0.3, -0.25) is 9.52 Å². The van der Waals surface area contributed by atoms with Crippen LogP contribution in [0.1, 0.15) is 6.42 Å². The molecule has 0 spiro atoms. The molecular formula is C9H9F2NO4S. The van der Waals surface area contributed by atoms with Crippen LogP contribution in [-0.4, -0.2) is 25.2 Å². The minimum atomic E-state index is -4.01. The number of hydrogen-bond donors (Lipinski definition) is 2. The molecule has 17 heavy (non-hydrogen) atoms. The van der Waals surface area contributed by atoms with Gasteiger partial charge in [0.05, 0.1) is 17.9 Å². The van der Waals surface area contributed by atoms with Crippen molar-refractivity contribution in [1.82, 2.24) is 0 Å². The van der Waals surface area contributed by atoms with Crippen molar-refractivity contribution < 1.29 is 27.1 Å². The molecule has 5 nitrogen and oxygen atoms in total. The molecule has 0 aliphatic heterocycles. The van der Waals surface area contributed by atoms with E-state index in [-0.39, 0.29) is 0 Å². The van der Waals surface area contributed by atoms with Gasteiger partial charge in [0.2, 0.25) is 10.0 Å². The van der Waals surface area contributed by atoms with Gasteiger partial charge in [-0.05, 0) is 12.1 Å². The Morgan fingerprint density at radius 1 is 1.35 bits per heavy atom. The minimum Gasteiger partial charge on any atom is -0.481 e. The monoisotopic (exact) mass is 265 g/mol. The first-order valence-electron chi connectivity index (χ1n) is 4.47. The van der Waals surface area contributed by atoms with Crippen molar-refractivity contribution in [1.29, 1.82) is 0 Å². The van der Waals surface area contributed by atoms with Crippen LogP contribution < -0.4 is 4.72 Å². The number of nitrogens with one attached hydrogen (secondary N) is 1. The Bertz CT molecular complexity index is 530. The summed E-state index contributed by atoms with van der Waals surface area (Å²) in [6.45, 7) is 0. The van der Waals surface area contributed by atoms with Crippen molar-refractivity contribution in [3.05, 3.63) is 29.8 Å². The van der Waals surface area contributed by atoms with Crippen molar-refractivity contribution in [3.63, 3.8) is 0 Å². The number of rotatable bonds is 5. The molecule has 1 aromatic rings. The van der Waals surface area contributed by atoms with Crippen LogP contribution in [0.25, 0.3) is 0 Å². The van der Waals surface area contributed by atoms with Crippen LogP contribution >= 0.6 is 0 Å². The lowest BCUT2D eigenvalue weighted by atomic mass is 10.3.